The van der Waals surface area contributed by atoms with Crippen LogP contribution in [0.2, 0.25) is 5.02 Å². The number of carboxylic acid groups (broad SMARTS) is 1. The number of nitrogens with zero attached hydrogens (tertiary/aromatic N) is 2. The molecule has 1 fully saturated rings. The number of halogens is 1. The molecule has 0 aliphatic carbocycles. The van der Waals surface area contributed by atoms with E-state index in [1.807, 2.05) is 0 Å². The van der Waals surface area contributed by atoms with Gasteiger partial charge in [0.05, 0.1) is 13.2 Å². The number of benzene rings is 1. The Bertz CT molecular complexity index is 696. The molecule has 7 nitrogen and oxygen atoms in total. The van der Waals surface area contributed by atoms with Gasteiger partial charge in [0.25, 0.3) is 0 Å². The van der Waals surface area contributed by atoms with E-state index in [0.717, 1.165) is 32.8 Å². The zero-order chi connectivity index (χ0) is 16.9. The van der Waals surface area contributed by atoms with Crippen LogP contribution in [0.25, 0.3) is 11.3 Å². The van der Waals surface area contributed by atoms with Crippen molar-refractivity contribution in [2.24, 2.45) is 0 Å². The molecule has 1 aromatic carbocycles. The Balaban J connectivity index is 1.71. The minimum Gasteiger partial charge on any atom is -0.477 e. The van der Waals surface area contributed by atoms with E-state index in [4.69, 9.17) is 20.9 Å². The molecular weight excluding hydrogens is 334 g/mol. The van der Waals surface area contributed by atoms with Crippen molar-refractivity contribution in [2.45, 2.75) is 0 Å². The summed E-state index contributed by atoms with van der Waals surface area (Å²) in [5.74, 6) is -0.635. The van der Waals surface area contributed by atoms with Crippen molar-refractivity contribution in [3.8, 4) is 11.3 Å². The summed E-state index contributed by atoms with van der Waals surface area (Å²) in [6.07, 6.45) is 0. The zero-order valence-electron chi connectivity index (χ0n) is 13.0. The summed E-state index contributed by atoms with van der Waals surface area (Å²) >= 11 is 5.86. The number of anilines is 1. The van der Waals surface area contributed by atoms with Crippen LogP contribution < -0.4 is 5.32 Å². The summed E-state index contributed by atoms with van der Waals surface area (Å²) in [5.41, 5.74) is 0.643. The zero-order valence-corrected chi connectivity index (χ0v) is 13.8. The van der Waals surface area contributed by atoms with Gasteiger partial charge in [0.1, 0.15) is 0 Å². The molecule has 24 heavy (non-hydrogen) atoms. The number of carboxylic acids is 1. The minimum atomic E-state index is -1.09. The summed E-state index contributed by atoms with van der Waals surface area (Å²) in [5, 5.41) is 17.0. The number of morpholine rings is 1. The topological polar surface area (TPSA) is 87.8 Å². The van der Waals surface area contributed by atoms with Crippen LogP contribution in [-0.4, -0.2) is 60.5 Å². The predicted octanol–water partition coefficient (Wildman–Crippen LogP) is 2.44. The van der Waals surface area contributed by atoms with Crippen molar-refractivity contribution < 1.29 is 19.2 Å². The molecular formula is C16H18ClN3O4. The lowest BCUT2D eigenvalue weighted by Crippen LogP contribution is -2.39. The van der Waals surface area contributed by atoms with Gasteiger partial charge in [-0.05, 0) is 24.3 Å². The molecule has 0 spiro atoms. The lowest BCUT2D eigenvalue weighted by molar-refractivity contribution is 0.0398. The highest BCUT2D eigenvalue weighted by molar-refractivity contribution is 6.30. The lowest BCUT2D eigenvalue weighted by Gasteiger charge is -2.26. The van der Waals surface area contributed by atoms with E-state index in [9.17, 15) is 9.90 Å². The smallest absolute Gasteiger partial charge is 0.343 e. The van der Waals surface area contributed by atoms with Gasteiger partial charge in [-0.2, -0.15) is 0 Å². The highest BCUT2D eigenvalue weighted by Gasteiger charge is 2.23. The summed E-state index contributed by atoms with van der Waals surface area (Å²) in [4.78, 5) is 13.9. The molecule has 1 aliphatic heterocycles. The van der Waals surface area contributed by atoms with Crippen LogP contribution in [0.1, 0.15) is 10.4 Å². The Kier molecular flexibility index (Phi) is 5.34. The monoisotopic (exact) mass is 351 g/mol. The van der Waals surface area contributed by atoms with Gasteiger partial charge in [0.15, 0.2) is 17.1 Å². The van der Waals surface area contributed by atoms with Crippen LogP contribution in [0.3, 0.4) is 0 Å². The fourth-order valence-corrected chi connectivity index (χ4v) is 2.69. The van der Waals surface area contributed by atoms with Crippen LogP contribution in [0.15, 0.2) is 28.8 Å². The van der Waals surface area contributed by atoms with Crippen molar-refractivity contribution in [1.82, 2.24) is 10.1 Å². The highest BCUT2D eigenvalue weighted by atomic mass is 35.5. The fourth-order valence-electron chi connectivity index (χ4n) is 2.56. The van der Waals surface area contributed by atoms with Crippen LogP contribution in [0, 0.1) is 0 Å². The molecule has 1 saturated heterocycles. The third-order valence-electron chi connectivity index (χ3n) is 3.84. The fraction of sp³-hybridized carbons (Fsp3) is 0.375. The first-order valence-corrected chi connectivity index (χ1v) is 8.06. The van der Waals surface area contributed by atoms with E-state index in [1.165, 1.54) is 0 Å². The lowest BCUT2D eigenvalue weighted by atomic mass is 10.1. The highest BCUT2D eigenvalue weighted by Crippen LogP contribution is 2.30. The molecule has 2 aromatic rings. The molecule has 0 bridgehead atoms. The molecule has 0 unspecified atom stereocenters. The Hall–Kier alpha value is -2.09. The third-order valence-corrected chi connectivity index (χ3v) is 4.09. The van der Waals surface area contributed by atoms with Gasteiger partial charge in [-0.25, -0.2) is 4.79 Å². The Morgan fingerprint density at radius 2 is 2.00 bits per heavy atom. The average Bonchev–Trinajstić information content (AvgIpc) is 3.01. The molecule has 2 heterocycles. The number of aromatic nitrogens is 1. The second kappa shape index (κ2) is 7.65. The molecule has 3 rings (SSSR count). The Morgan fingerprint density at radius 1 is 1.29 bits per heavy atom. The number of hydrogen-bond donors (Lipinski definition) is 2. The second-order valence-electron chi connectivity index (χ2n) is 5.43. The normalized spacial score (nSPS) is 15.4. The van der Waals surface area contributed by atoms with E-state index in [0.29, 0.717) is 17.1 Å². The van der Waals surface area contributed by atoms with Crippen molar-refractivity contribution in [3.05, 3.63) is 34.9 Å². The maximum atomic E-state index is 11.6. The first-order valence-electron chi connectivity index (χ1n) is 7.68. The molecule has 0 saturated carbocycles. The van der Waals surface area contributed by atoms with Gasteiger partial charge in [-0.15, -0.1) is 0 Å². The maximum Gasteiger partial charge on any atom is 0.343 e. The molecule has 0 atom stereocenters. The van der Waals surface area contributed by atoms with Crippen molar-refractivity contribution in [3.63, 3.8) is 0 Å². The number of ether oxygens (including phenoxy) is 1. The van der Waals surface area contributed by atoms with Crippen LogP contribution in [0.4, 0.5) is 5.82 Å². The van der Waals surface area contributed by atoms with Gasteiger partial charge >= 0.3 is 5.97 Å². The Labute approximate surface area is 144 Å². The summed E-state index contributed by atoms with van der Waals surface area (Å²) < 4.78 is 10.6. The van der Waals surface area contributed by atoms with Gasteiger partial charge in [0.2, 0.25) is 0 Å². The Morgan fingerprint density at radius 3 is 2.67 bits per heavy atom. The van der Waals surface area contributed by atoms with Gasteiger partial charge in [0, 0.05) is 36.8 Å². The average molecular weight is 352 g/mol. The summed E-state index contributed by atoms with van der Waals surface area (Å²) in [7, 11) is 0. The standard InChI is InChI=1S/C16H18ClN3O4/c17-12-3-1-11(2-4-12)14-13(16(21)22)15(19-24-14)18-5-6-20-7-9-23-10-8-20/h1-4H,5-10H2,(H,18,19)(H,21,22). The SMILES string of the molecule is O=C(O)c1c(NCCN2CCOCC2)noc1-c1ccc(Cl)cc1. The number of aromatic carboxylic acids is 1. The summed E-state index contributed by atoms with van der Waals surface area (Å²) in [6.45, 7) is 4.57. The first kappa shape index (κ1) is 16.8. The number of carbonyl (C=O) groups is 1. The first-order chi connectivity index (χ1) is 11.6. The van der Waals surface area contributed by atoms with E-state index in [2.05, 4.69) is 15.4 Å². The van der Waals surface area contributed by atoms with E-state index < -0.39 is 5.97 Å². The van der Waals surface area contributed by atoms with E-state index >= 15 is 0 Å². The molecule has 128 valence electrons. The van der Waals surface area contributed by atoms with E-state index in [1.54, 1.807) is 24.3 Å². The molecule has 8 heteroatoms. The maximum absolute atomic E-state index is 11.6. The van der Waals surface area contributed by atoms with E-state index in [-0.39, 0.29) is 17.1 Å². The molecule has 1 aliphatic rings. The van der Waals surface area contributed by atoms with Crippen LogP contribution >= 0.6 is 11.6 Å². The minimum absolute atomic E-state index is 0.0271. The van der Waals surface area contributed by atoms with Gasteiger partial charge < -0.3 is 19.7 Å². The third kappa shape index (κ3) is 3.87. The molecule has 2 N–H and O–H groups in total. The second-order valence-corrected chi connectivity index (χ2v) is 5.86. The largest absolute Gasteiger partial charge is 0.477 e. The molecule has 0 amide bonds. The predicted molar refractivity (Wildman–Crippen MR) is 89.7 cm³/mol. The molecule has 0 radical (unpaired) electrons. The van der Waals surface area contributed by atoms with Gasteiger partial charge in [-0.1, -0.05) is 16.8 Å². The van der Waals surface area contributed by atoms with Crippen molar-refractivity contribution in [1.29, 1.82) is 0 Å². The summed E-state index contributed by atoms with van der Waals surface area (Å²) in [6, 6.07) is 6.76. The number of nitrogens with one attached hydrogen (secondary N) is 1. The number of hydrogen-bond acceptors (Lipinski definition) is 6. The number of rotatable bonds is 6. The van der Waals surface area contributed by atoms with Gasteiger partial charge in [-0.3, -0.25) is 4.90 Å². The van der Waals surface area contributed by atoms with Crippen LogP contribution in [0.5, 0.6) is 0 Å². The van der Waals surface area contributed by atoms with Crippen molar-refractivity contribution >= 4 is 23.4 Å². The van der Waals surface area contributed by atoms with Crippen LogP contribution in [-0.2, 0) is 4.74 Å². The quantitative estimate of drug-likeness (QED) is 0.826. The van der Waals surface area contributed by atoms with Crippen molar-refractivity contribution in [2.75, 3.05) is 44.7 Å². The molecule has 1 aromatic heterocycles.